The van der Waals surface area contributed by atoms with Crippen LogP contribution in [0.15, 0.2) is 0 Å². The van der Waals surface area contributed by atoms with Crippen molar-refractivity contribution in [3.8, 4) is 0 Å². The lowest BCUT2D eigenvalue weighted by Gasteiger charge is -2.62. The summed E-state index contributed by atoms with van der Waals surface area (Å²) in [5.41, 5.74) is -1.74. The second-order valence-corrected chi connectivity index (χ2v) is 6.10. The molecule has 0 radical (unpaired) electrons. The van der Waals surface area contributed by atoms with Crippen LogP contribution in [0.3, 0.4) is 0 Å². The maximum Gasteiger partial charge on any atom is 0.0476 e. The summed E-state index contributed by atoms with van der Waals surface area (Å²) in [6, 6.07) is 0. The molecule has 0 heterocycles. The van der Waals surface area contributed by atoms with Crippen LogP contribution >= 0.6 is 0 Å². The highest BCUT2D eigenvalue weighted by molar-refractivity contribution is 5.79. The number of hydrogen-bond donors (Lipinski definition) is 0. The van der Waals surface area contributed by atoms with Gasteiger partial charge in [0.2, 0.25) is 0 Å². The minimum absolute atomic E-state index is 0.234. The quantitative estimate of drug-likeness (QED) is 0.604. The molecule has 0 spiro atoms. The van der Waals surface area contributed by atoms with Gasteiger partial charge in [-0.25, -0.2) is 0 Å². The van der Waals surface area contributed by atoms with Gasteiger partial charge in [0.25, 0.3) is 0 Å². The standard InChI is InChI=1S/C12H16O4/c13-9(14)11-2-7-1-8(4-11)5-12(3-7,6-11)10(15)16/h7-8H,1-6H2,(H,13,14)(H,15,16)/p-2. The SMILES string of the molecule is O=C([O-])C12CC3CC(C1)CC(C(=O)[O-])(C3)C2. The Morgan fingerprint density at radius 2 is 1.25 bits per heavy atom. The molecule has 4 saturated carbocycles. The predicted octanol–water partition coefficient (Wildman–Crippen LogP) is -0.927. The lowest BCUT2D eigenvalue weighted by molar-refractivity contribution is -0.342. The molecule has 4 fully saturated rings. The first-order valence-electron chi connectivity index (χ1n) is 5.89. The van der Waals surface area contributed by atoms with Gasteiger partial charge in [0.05, 0.1) is 0 Å². The van der Waals surface area contributed by atoms with Crippen LogP contribution in [0.5, 0.6) is 0 Å². The highest BCUT2D eigenvalue weighted by Gasteiger charge is 2.58. The van der Waals surface area contributed by atoms with Gasteiger partial charge in [-0.1, -0.05) is 0 Å². The summed E-state index contributed by atoms with van der Waals surface area (Å²) >= 11 is 0. The van der Waals surface area contributed by atoms with Crippen LogP contribution in [0.1, 0.15) is 38.5 Å². The Balaban J connectivity index is 2.03. The molecular formula is C12H14O4-2. The van der Waals surface area contributed by atoms with Crippen molar-refractivity contribution < 1.29 is 19.8 Å². The first-order valence-corrected chi connectivity index (χ1v) is 5.89. The fourth-order valence-electron chi connectivity index (χ4n) is 4.74. The molecule has 4 bridgehead atoms. The third-order valence-corrected chi connectivity index (χ3v) is 4.93. The van der Waals surface area contributed by atoms with Gasteiger partial charge in [-0.15, -0.1) is 0 Å². The van der Waals surface area contributed by atoms with Gasteiger partial charge in [-0.05, 0) is 50.4 Å². The van der Waals surface area contributed by atoms with Crippen molar-refractivity contribution in [2.75, 3.05) is 0 Å². The van der Waals surface area contributed by atoms with Crippen LogP contribution in [-0.2, 0) is 9.59 Å². The highest BCUT2D eigenvalue weighted by Crippen LogP contribution is 2.64. The normalized spacial score (nSPS) is 49.2. The van der Waals surface area contributed by atoms with E-state index in [0.29, 0.717) is 25.7 Å². The zero-order chi connectivity index (χ0) is 11.6. The number of carboxylic acid groups (broad SMARTS) is 2. The molecule has 0 aromatic rings. The van der Waals surface area contributed by atoms with Crippen LogP contribution in [0.4, 0.5) is 0 Å². The molecule has 88 valence electrons. The summed E-state index contributed by atoms with van der Waals surface area (Å²) < 4.78 is 0. The number of hydrogen-bond acceptors (Lipinski definition) is 4. The fraction of sp³-hybridized carbons (Fsp3) is 0.833. The zero-order valence-electron chi connectivity index (χ0n) is 9.03. The van der Waals surface area contributed by atoms with Crippen LogP contribution in [0.2, 0.25) is 0 Å². The highest BCUT2D eigenvalue weighted by atomic mass is 16.4. The van der Waals surface area contributed by atoms with Gasteiger partial charge in [0.15, 0.2) is 0 Å². The first kappa shape index (κ1) is 10.1. The lowest BCUT2D eigenvalue weighted by atomic mass is 9.44. The molecule has 0 amide bonds. The molecule has 4 heteroatoms. The monoisotopic (exact) mass is 222 g/mol. The Kier molecular flexibility index (Phi) is 1.76. The number of carbonyl (C=O) groups excluding carboxylic acids is 2. The van der Waals surface area contributed by atoms with Crippen molar-refractivity contribution in [3.63, 3.8) is 0 Å². The van der Waals surface area contributed by atoms with Gasteiger partial charge >= 0.3 is 0 Å². The third kappa shape index (κ3) is 1.10. The molecular weight excluding hydrogens is 208 g/mol. The van der Waals surface area contributed by atoms with Crippen molar-refractivity contribution in [2.24, 2.45) is 22.7 Å². The van der Waals surface area contributed by atoms with E-state index in [2.05, 4.69) is 0 Å². The average molecular weight is 222 g/mol. The molecule has 4 aliphatic carbocycles. The topological polar surface area (TPSA) is 80.3 Å². The smallest absolute Gasteiger partial charge is 0.0476 e. The number of rotatable bonds is 2. The van der Waals surface area contributed by atoms with Gasteiger partial charge < -0.3 is 19.8 Å². The van der Waals surface area contributed by atoms with Gasteiger partial charge in [-0.2, -0.15) is 0 Å². The minimum atomic E-state index is -1.05. The Morgan fingerprint density at radius 1 is 0.875 bits per heavy atom. The summed E-state index contributed by atoms with van der Waals surface area (Å²) in [6.45, 7) is 0. The molecule has 0 aromatic heterocycles. The van der Waals surface area contributed by atoms with E-state index in [-0.39, 0.29) is 18.3 Å². The van der Waals surface area contributed by atoms with Crippen LogP contribution < -0.4 is 10.2 Å². The third-order valence-electron chi connectivity index (χ3n) is 4.93. The van der Waals surface area contributed by atoms with E-state index in [4.69, 9.17) is 0 Å². The summed E-state index contributed by atoms with van der Waals surface area (Å²) in [5.74, 6) is -1.60. The molecule has 0 aromatic carbocycles. The second kappa shape index (κ2) is 2.79. The fourth-order valence-corrected chi connectivity index (χ4v) is 4.74. The summed E-state index contributed by atoms with van der Waals surface area (Å²) in [5, 5.41) is 22.6. The first-order chi connectivity index (χ1) is 7.46. The second-order valence-electron chi connectivity index (χ2n) is 6.10. The largest absolute Gasteiger partial charge is 0.550 e. The lowest BCUT2D eigenvalue weighted by Crippen LogP contribution is -2.62. The van der Waals surface area contributed by atoms with Gasteiger partial charge in [-0.3, -0.25) is 0 Å². The Morgan fingerprint density at radius 3 is 1.56 bits per heavy atom. The maximum atomic E-state index is 11.3. The predicted molar refractivity (Wildman–Crippen MR) is 49.6 cm³/mol. The van der Waals surface area contributed by atoms with Crippen molar-refractivity contribution >= 4 is 11.9 Å². The van der Waals surface area contributed by atoms with Crippen LogP contribution in [-0.4, -0.2) is 11.9 Å². The van der Waals surface area contributed by atoms with Crippen molar-refractivity contribution in [1.82, 2.24) is 0 Å². The molecule has 0 unspecified atom stereocenters. The van der Waals surface area contributed by atoms with E-state index >= 15 is 0 Å². The summed E-state index contributed by atoms with van der Waals surface area (Å²) in [7, 11) is 0. The summed E-state index contributed by atoms with van der Waals surface area (Å²) in [4.78, 5) is 22.6. The molecule has 4 nitrogen and oxygen atoms in total. The molecule has 4 aliphatic rings. The zero-order valence-corrected chi connectivity index (χ0v) is 9.03. The van der Waals surface area contributed by atoms with Crippen LogP contribution in [0, 0.1) is 22.7 Å². The number of carboxylic acids is 2. The van der Waals surface area contributed by atoms with E-state index in [1.54, 1.807) is 0 Å². The van der Waals surface area contributed by atoms with E-state index < -0.39 is 22.8 Å². The molecule has 0 N–H and O–H groups in total. The van der Waals surface area contributed by atoms with E-state index in [9.17, 15) is 19.8 Å². The van der Waals surface area contributed by atoms with Crippen molar-refractivity contribution in [2.45, 2.75) is 38.5 Å². The number of aliphatic carboxylic acids is 2. The molecule has 16 heavy (non-hydrogen) atoms. The number of carbonyl (C=O) groups is 2. The van der Waals surface area contributed by atoms with Crippen molar-refractivity contribution in [1.29, 1.82) is 0 Å². The minimum Gasteiger partial charge on any atom is -0.550 e. The molecule has 0 saturated heterocycles. The molecule has 4 rings (SSSR count). The molecule has 0 aliphatic heterocycles. The van der Waals surface area contributed by atoms with E-state index in [1.165, 1.54) is 0 Å². The Labute approximate surface area is 93.6 Å². The van der Waals surface area contributed by atoms with E-state index in [1.807, 2.05) is 0 Å². The van der Waals surface area contributed by atoms with Gasteiger partial charge in [0.1, 0.15) is 0 Å². The maximum absolute atomic E-state index is 11.3. The Bertz CT molecular complexity index is 327. The van der Waals surface area contributed by atoms with Gasteiger partial charge in [0, 0.05) is 22.8 Å². The van der Waals surface area contributed by atoms with Crippen LogP contribution in [0.25, 0.3) is 0 Å². The molecule has 0 atom stereocenters. The van der Waals surface area contributed by atoms with Crippen molar-refractivity contribution in [3.05, 3.63) is 0 Å². The van der Waals surface area contributed by atoms with E-state index in [0.717, 1.165) is 6.42 Å². The average Bonchev–Trinajstić information content (AvgIpc) is 2.14. The summed E-state index contributed by atoms with van der Waals surface area (Å²) in [6.07, 6.45) is 3.67. The Hall–Kier alpha value is -1.06.